The van der Waals surface area contributed by atoms with Crippen molar-refractivity contribution in [1.29, 1.82) is 0 Å². The molecule has 2 aliphatic carbocycles. The summed E-state index contributed by atoms with van der Waals surface area (Å²) in [7, 11) is 0. The molecule has 0 atom stereocenters. The normalized spacial score (nSPS) is 24.9. The predicted octanol–water partition coefficient (Wildman–Crippen LogP) is 2.82. The van der Waals surface area contributed by atoms with Crippen LogP contribution in [0.4, 0.5) is 0 Å². The van der Waals surface area contributed by atoms with E-state index < -0.39 is 0 Å². The monoisotopic (exact) mass is 120 g/mol. The van der Waals surface area contributed by atoms with Gasteiger partial charge in [0.2, 0.25) is 0 Å². The minimum atomic E-state index is 1.31. The Morgan fingerprint density at radius 1 is 0.889 bits per heavy atom. The minimum absolute atomic E-state index is 1.31. The van der Waals surface area contributed by atoms with Gasteiger partial charge < -0.3 is 0 Å². The fourth-order valence-corrected chi connectivity index (χ4v) is 1.69. The summed E-state index contributed by atoms with van der Waals surface area (Å²) in [5.74, 6) is 0. The van der Waals surface area contributed by atoms with Crippen LogP contribution in [0.15, 0.2) is 23.3 Å². The predicted molar refractivity (Wildman–Crippen MR) is 39.3 cm³/mol. The first-order valence-corrected chi connectivity index (χ1v) is 3.82. The largest absolute Gasteiger partial charge is 0.0662 e. The van der Waals surface area contributed by atoms with Gasteiger partial charge in [-0.2, -0.15) is 0 Å². The maximum atomic E-state index is 2.31. The number of allylic oxidation sites excluding steroid dienone is 4. The van der Waals surface area contributed by atoms with E-state index in [1.807, 2.05) is 0 Å². The highest BCUT2D eigenvalue weighted by Gasteiger charge is 2.11. The molecule has 0 heterocycles. The lowest BCUT2D eigenvalue weighted by atomic mass is 10.1. The Morgan fingerprint density at radius 3 is 2.00 bits per heavy atom. The molecule has 0 amide bonds. The number of rotatable bonds is 0. The summed E-state index contributed by atoms with van der Waals surface area (Å²) in [5, 5.41) is 0. The molecule has 0 N–H and O–H groups in total. The van der Waals surface area contributed by atoms with Crippen molar-refractivity contribution in [2.45, 2.75) is 32.1 Å². The summed E-state index contributed by atoms with van der Waals surface area (Å²) in [4.78, 5) is 0. The maximum Gasteiger partial charge on any atom is -0.0102 e. The van der Waals surface area contributed by atoms with Crippen LogP contribution >= 0.6 is 0 Å². The highest BCUT2D eigenvalue weighted by molar-refractivity contribution is 5.31. The summed E-state index contributed by atoms with van der Waals surface area (Å²) < 4.78 is 0. The minimum Gasteiger partial charge on any atom is -0.0662 e. The van der Waals surface area contributed by atoms with Crippen LogP contribution in [0.2, 0.25) is 0 Å². The van der Waals surface area contributed by atoms with E-state index in [4.69, 9.17) is 0 Å². The lowest BCUT2D eigenvalue weighted by molar-refractivity contribution is 0.758. The van der Waals surface area contributed by atoms with Gasteiger partial charge in [0, 0.05) is 0 Å². The van der Waals surface area contributed by atoms with Crippen LogP contribution in [-0.4, -0.2) is 0 Å². The summed E-state index contributed by atoms with van der Waals surface area (Å²) >= 11 is 0. The molecule has 0 aromatic rings. The fraction of sp³-hybridized carbons (Fsp3) is 0.556. The summed E-state index contributed by atoms with van der Waals surface area (Å²) in [5.41, 5.74) is 3.34. The SMILES string of the molecule is C1=C2CCCCC(=C1)C2. The highest BCUT2D eigenvalue weighted by Crippen LogP contribution is 2.30. The van der Waals surface area contributed by atoms with Gasteiger partial charge in [-0.3, -0.25) is 0 Å². The van der Waals surface area contributed by atoms with Crippen molar-refractivity contribution in [3.63, 3.8) is 0 Å². The molecule has 9 heavy (non-hydrogen) atoms. The average molecular weight is 120 g/mol. The van der Waals surface area contributed by atoms with Gasteiger partial charge in [0.15, 0.2) is 0 Å². The molecule has 0 spiro atoms. The Balaban J connectivity index is 2.18. The molecule has 0 nitrogen and oxygen atoms in total. The first-order valence-electron chi connectivity index (χ1n) is 3.82. The summed E-state index contributed by atoms with van der Waals surface area (Å²) in [6.07, 6.45) is 11.5. The Bertz CT molecular complexity index is 152. The van der Waals surface area contributed by atoms with E-state index in [1.165, 1.54) is 32.1 Å². The Labute approximate surface area is 56.3 Å². The molecule has 0 aliphatic heterocycles. The molecule has 0 aromatic heterocycles. The van der Waals surface area contributed by atoms with Crippen molar-refractivity contribution in [2.75, 3.05) is 0 Å². The van der Waals surface area contributed by atoms with Crippen molar-refractivity contribution >= 4 is 0 Å². The van der Waals surface area contributed by atoms with Crippen molar-refractivity contribution in [1.82, 2.24) is 0 Å². The summed E-state index contributed by atoms with van der Waals surface area (Å²) in [6.45, 7) is 0. The standard InChI is InChI=1S/C9H12/c1-2-4-9-6-5-8(3-1)7-9/h5-6H,1-4,7H2. The fourth-order valence-electron chi connectivity index (χ4n) is 1.69. The molecule has 1 saturated carbocycles. The molecule has 0 unspecified atom stereocenters. The number of hydrogen-bond acceptors (Lipinski definition) is 0. The van der Waals surface area contributed by atoms with Crippen LogP contribution in [0, 0.1) is 0 Å². The molecular formula is C9H12. The third-order valence-corrected chi connectivity index (χ3v) is 2.25. The lowest BCUT2D eigenvalue weighted by Gasteiger charge is -1.93. The molecule has 1 fully saturated rings. The van der Waals surface area contributed by atoms with Crippen molar-refractivity contribution in [3.8, 4) is 0 Å². The van der Waals surface area contributed by atoms with Crippen LogP contribution in [0.5, 0.6) is 0 Å². The van der Waals surface area contributed by atoms with E-state index in [0.717, 1.165) is 0 Å². The molecule has 0 heteroatoms. The van der Waals surface area contributed by atoms with Crippen LogP contribution in [-0.2, 0) is 0 Å². The van der Waals surface area contributed by atoms with Gasteiger partial charge in [-0.1, -0.05) is 23.3 Å². The van der Waals surface area contributed by atoms with Crippen LogP contribution in [0.1, 0.15) is 32.1 Å². The molecule has 0 aromatic carbocycles. The van der Waals surface area contributed by atoms with Gasteiger partial charge >= 0.3 is 0 Å². The first kappa shape index (κ1) is 5.28. The van der Waals surface area contributed by atoms with E-state index in [0.29, 0.717) is 0 Å². The molecule has 2 bridgehead atoms. The highest BCUT2D eigenvalue weighted by atomic mass is 14.2. The second kappa shape index (κ2) is 2.02. The molecular weight excluding hydrogens is 108 g/mol. The van der Waals surface area contributed by atoms with Gasteiger partial charge in [0.05, 0.1) is 0 Å². The second-order valence-electron chi connectivity index (χ2n) is 3.03. The third-order valence-electron chi connectivity index (χ3n) is 2.25. The van der Waals surface area contributed by atoms with Crippen molar-refractivity contribution in [3.05, 3.63) is 23.3 Å². The Hall–Kier alpha value is -0.520. The second-order valence-corrected chi connectivity index (χ2v) is 3.03. The van der Waals surface area contributed by atoms with Crippen LogP contribution in [0.3, 0.4) is 0 Å². The Kier molecular flexibility index (Phi) is 1.18. The number of hydrogen-bond donors (Lipinski definition) is 0. The van der Waals surface area contributed by atoms with Crippen molar-refractivity contribution in [2.24, 2.45) is 0 Å². The smallest absolute Gasteiger partial charge is 0.0102 e. The molecule has 48 valence electrons. The van der Waals surface area contributed by atoms with E-state index in [-0.39, 0.29) is 0 Å². The summed E-state index contributed by atoms with van der Waals surface area (Å²) in [6, 6.07) is 0. The Morgan fingerprint density at radius 2 is 1.44 bits per heavy atom. The van der Waals surface area contributed by atoms with Gasteiger partial charge in [-0.05, 0) is 32.1 Å². The van der Waals surface area contributed by atoms with Crippen molar-refractivity contribution < 1.29 is 0 Å². The average Bonchev–Trinajstić information content (AvgIpc) is 2.09. The van der Waals surface area contributed by atoms with Crippen LogP contribution < -0.4 is 0 Å². The van der Waals surface area contributed by atoms with Gasteiger partial charge in [0.1, 0.15) is 0 Å². The lowest BCUT2D eigenvalue weighted by Crippen LogP contribution is -1.74. The van der Waals surface area contributed by atoms with E-state index in [9.17, 15) is 0 Å². The van der Waals surface area contributed by atoms with Gasteiger partial charge in [-0.15, -0.1) is 0 Å². The topological polar surface area (TPSA) is 0 Å². The molecule has 0 radical (unpaired) electrons. The first-order chi connectivity index (χ1) is 4.45. The quantitative estimate of drug-likeness (QED) is 0.461. The third kappa shape index (κ3) is 0.937. The maximum absolute atomic E-state index is 2.31. The van der Waals surface area contributed by atoms with E-state index in [1.54, 1.807) is 11.1 Å². The van der Waals surface area contributed by atoms with Gasteiger partial charge in [-0.25, -0.2) is 0 Å². The molecule has 0 saturated heterocycles. The van der Waals surface area contributed by atoms with Gasteiger partial charge in [0.25, 0.3) is 0 Å². The van der Waals surface area contributed by atoms with E-state index in [2.05, 4.69) is 12.2 Å². The molecule has 2 aliphatic rings. The zero-order valence-electron chi connectivity index (χ0n) is 5.69. The molecule has 2 rings (SSSR count). The van der Waals surface area contributed by atoms with Crippen LogP contribution in [0.25, 0.3) is 0 Å². The van der Waals surface area contributed by atoms with E-state index >= 15 is 0 Å². The number of fused-ring (bicyclic) bond motifs is 2. The zero-order valence-corrected chi connectivity index (χ0v) is 5.69. The zero-order chi connectivity index (χ0) is 6.10.